The van der Waals surface area contributed by atoms with Crippen LogP contribution in [0.5, 0.6) is 0 Å². The molecule has 0 spiro atoms. The maximum absolute atomic E-state index is 13.8. The molecule has 1 N–H and O–H groups in total. The molecule has 0 radical (unpaired) electrons. The second-order valence-corrected chi connectivity index (χ2v) is 6.71. The van der Waals surface area contributed by atoms with Crippen LogP contribution in [0.4, 0.5) is 4.39 Å². The summed E-state index contributed by atoms with van der Waals surface area (Å²) in [5.74, 6) is -0.852. The molecule has 28 heavy (non-hydrogen) atoms. The van der Waals surface area contributed by atoms with Gasteiger partial charge in [-0.05, 0) is 29.3 Å². The van der Waals surface area contributed by atoms with Crippen LogP contribution in [-0.2, 0) is 24.3 Å². The molecule has 0 unspecified atom stereocenters. The highest BCUT2D eigenvalue weighted by molar-refractivity contribution is 5.96. The lowest BCUT2D eigenvalue weighted by Gasteiger charge is -2.35. The van der Waals surface area contributed by atoms with Gasteiger partial charge in [-0.3, -0.25) is 9.59 Å². The summed E-state index contributed by atoms with van der Waals surface area (Å²) in [6.07, 6.45) is 1.82. The molecule has 2 amide bonds. The first-order chi connectivity index (χ1) is 13.6. The number of fused-ring (bicyclic) bond motifs is 1. The lowest BCUT2D eigenvalue weighted by atomic mass is 9.93. The fourth-order valence-electron chi connectivity index (χ4n) is 3.45. The van der Waals surface area contributed by atoms with Crippen molar-refractivity contribution < 1.29 is 18.4 Å². The summed E-state index contributed by atoms with van der Waals surface area (Å²) in [7, 11) is 0. The average molecular weight is 378 g/mol. The highest BCUT2D eigenvalue weighted by Gasteiger charge is 2.35. The van der Waals surface area contributed by atoms with Crippen LogP contribution in [0, 0.1) is 5.82 Å². The number of hydrogen-bond donors (Lipinski definition) is 1. The number of carbonyl (C=O) groups excluding carboxylic acids is 2. The SMILES string of the molecule is O=C(NCc1ccccc1F)[C@H]1Cc2ccccc2CN1C(=O)c1ccco1. The highest BCUT2D eigenvalue weighted by atomic mass is 19.1. The van der Waals surface area contributed by atoms with Crippen molar-refractivity contribution in [2.45, 2.75) is 25.6 Å². The molecule has 3 aromatic rings. The summed E-state index contributed by atoms with van der Waals surface area (Å²) in [6.45, 7) is 0.375. The summed E-state index contributed by atoms with van der Waals surface area (Å²) in [5, 5.41) is 2.77. The van der Waals surface area contributed by atoms with E-state index in [0.29, 0.717) is 18.5 Å². The Balaban J connectivity index is 1.57. The number of benzene rings is 2. The molecule has 1 aromatic heterocycles. The van der Waals surface area contributed by atoms with E-state index in [1.807, 2.05) is 24.3 Å². The largest absolute Gasteiger partial charge is 0.459 e. The zero-order chi connectivity index (χ0) is 19.5. The molecule has 1 aliphatic rings. The quantitative estimate of drug-likeness (QED) is 0.758. The minimum atomic E-state index is -0.695. The van der Waals surface area contributed by atoms with Gasteiger partial charge in [0.15, 0.2) is 5.76 Å². The van der Waals surface area contributed by atoms with Gasteiger partial charge in [-0.2, -0.15) is 0 Å². The monoisotopic (exact) mass is 378 g/mol. The topological polar surface area (TPSA) is 62.6 Å². The van der Waals surface area contributed by atoms with E-state index in [-0.39, 0.29) is 29.9 Å². The Labute approximate surface area is 161 Å². The average Bonchev–Trinajstić information content (AvgIpc) is 3.26. The van der Waals surface area contributed by atoms with E-state index in [1.165, 1.54) is 17.2 Å². The smallest absolute Gasteiger partial charge is 0.290 e. The molecule has 0 bridgehead atoms. The Bertz CT molecular complexity index is 1000. The highest BCUT2D eigenvalue weighted by Crippen LogP contribution is 2.25. The summed E-state index contributed by atoms with van der Waals surface area (Å²) in [6, 6.07) is 16.5. The second kappa shape index (κ2) is 7.68. The van der Waals surface area contributed by atoms with Gasteiger partial charge in [0.2, 0.25) is 5.91 Å². The molecule has 0 aliphatic carbocycles. The van der Waals surface area contributed by atoms with Crippen LogP contribution >= 0.6 is 0 Å². The van der Waals surface area contributed by atoms with E-state index < -0.39 is 6.04 Å². The molecule has 1 atom stereocenters. The first-order valence-corrected chi connectivity index (χ1v) is 9.06. The number of rotatable bonds is 4. The van der Waals surface area contributed by atoms with Crippen LogP contribution in [0.2, 0.25) is 0 Å². The predicted octanol–water partition coefficient (Wildman–Crippen LogP) is 3.30. The van der Waals surface area contributed by atoms with E-state index in [0.717, 1.165) is 11.1 Å². The third-order valence-electron chi connectivity index (χ3n) is 4.95. The van der Waals surface area contributed by atoms with Gasteiger partial charge < -0.3 is 14.6 Å². The molecule has 1 aliphatic heterocycles. The van der Waals surface area contributed by atoms with E-state index in [4.69, 9.17) is 4.42 Å². The number of amides is 2. The van der Waals surface area contributed by atoms with Gasteiger partial charge in [0.1, 0.15) is 11.9 Å². The molecule has 2 aromatic carbocycles. The maximum Gasteiger partial charge on any atom is 0.290 e. The Morgan fingerprint density at radius 2 is 1.79 bits per heavy atom. The minimum absolute atomic E-state index is 0.0619. The number of nitrogens with zero attached hydrogens (tertiary/aromatic N) is 1. The van der Waals surface area contributed by atoms with E-state index >= 15 is 0 Å². The van der Waals surface area contributed by atoms with E-state index in [9.17, 15) is 14.0 Å². The van der Waals surface area contributed by atoms with Crippen LogP contribution in [0.1, 0.15) is 27.2 Å². The number of nitrogens with one attached hydrogen (secondary N) is 1. The number of furan rings is 1. The molecule has 0 fully saturated rings. The zero-order valence-electron chi connectivity index (χ0n) is 15.1. The molecule has 2 heterocycles. The molecule has 6 heteroatoms. The predicted molar refractivity (Wildman–Crippen MR) is 101 cm³/mol. The fourth-order valence-corrected chi connectivity index (χ4v) is 3.45. The van der Waals surface area contributed by atoms with Crippen LogP contribution < -0.4 is 5.32 Å². The van der Waals surface area contributed by atoms with Gasteiger partial charge >= 0.3 is 0 Å². The molecule has 5 nitrogen and oxygen atoms in total. The number of hydrogen-bond acceptors (Lipinski definition) is 3. The minimum Gasteiger partial charge on any atom is -0.459 e. The molecule has 0 saturated carbocycles. The van der Waals surface area contributed by atoms with Crippen molar-refractivity contribution in [2.24, 2.45) is 0 Å². The van der Waals surface area contributed by atoms with Gasteiger partial charge in [0.05, 0.1) is 6.26 Å². The van der Waals surface area contributed by atoms with Crippen molar-refractivity contribution >= 4 is 11.8 Å². The Morgan fingerprint density at radius 3 is 2.54 bits per heavy atom. The lowest BCUT2D eigenvalue weighted by molar-refractivity contribution is -0.126. The summed E-state index contributed by atoms with van der Waals surface area (Å²) in [4.78, 5) is 27.3. The maximum atomic E-state index is 13.8. The van der Waals surface area contributed by atoms with Crippen molar-refractivity contribution in [3.63, 3.8) is 0 Å². The fraction of sp³-hybridized carbons (Fsp3) is 0.182. The first-order valence-electron chi connectivity index (χ1n) is 9.06. The van der Waals surface area contributed by atoms with Gasteiger partial charge in [0.25, 0.3) is 5.91 Å². The molecule has 142 valence electrons. The standard InChI is InChI=1S/C22H19FN2O3/c23-18-9-4-3-7-16(18)13-24-21(26)19-12-15-6-1-2-8-17(15)14-25(19)22(27)20-10-5-11-28-20/h1-11,19H,12-14H2,(H,24,26)/t19-/m1/s1. The van der Waals surface area contributed by atoms with Gasteiger partial charge in [-0.1, -0.05) is 42.5 Å². The molecule has 4 rings (SSSR count). The van der Waals surface area contributed by atoms with Crippen LogP contribution in [-0.4, -0.2) is 22.8 Å². The second-order valence-electron chi connectivity index (χ2n) is 6.71. The van der Waals surface area contributed by atoms with Gasteiger partial charge in [-0.15, -0.1) is 0 Å². The summed E-state index contributed by atoms with van der Waals surface area (Å²) >= 11 is 0. The third kappa shape index (κ3) is 3.53. The van der Waals surface area contributed by atoms with E-state index in [2.05, 4.69) is 5.32 Å². The van der Waals surface area contributed by atoms with Crippen molar-refractivity contribution in [2.75, 3.05) is 0 Å². The molecular formula is C22H19FN2O3. The lowest BCUT2D eigenvalue weighted by Crippen LogP contribution is -2.52. The van der Waals surface area contributed by atoms with Crippen LogP contribution in [0.25, 0.3) is 0 Å². The Hall–Kier alpha value is -3.41. The normalized spacial score (nSPS) is 15.8. The molecule has 0 saturated heterocycles. The van der Waals surface area contributed by atoms with Crippen molar-refractivity contribution in [3.05, 3.63) is 95.2 Å². The first kappa shape index (κ1) is 18.0. The van der Waals surface area contributed by atoms with E-state index in [1.54, 1.807) is 30.3 Å². The van der Waals surface area contributed by atoms with Gasteiger partial charge in [-0.25, -0.2) is 4.39 Å². The molecular weight excluding hydrogens is 359 g/mol. The Morgan fingerprint density at radius 1 is 1.04 bits per heavy atom. The number of halogens is 1. The Kier molecular flexibility index (Phi) is 4.93. The number of carbonyl (C=O) groups is 2. The van der Waals surface area contributed by atoms with Crippen molar-refractivity contribution in [1.29, 1.82) is 0 Å². The summed E-state index contributed by atoms with van der Waals surface area (Å²) < 4.78 is 19.1. The van der Waals surface area contributed by atoms with Crippen molar-refractivity contribution in [3.8, 4) is 0 Å². The van der Waals surface area contributed by atoms with Crippen molar-refractivity contribution in [1.82, 2.24) is 10.2 Å². The van der Waals surface area contributed by atoms with Crippen LogP contribution in [0.3, 0.4) is 0 Å². The zero-order valence-corrected chi connectivity index (χ0v) is 15.1. The third-order valence-corrected chi connectivity index (χ3v) is 4.95. The van der Waals surface area contributed by atoms with Gasteiger partial charge in [0, 0.05) is 25.1 Å². The van der Waals surface area contributed by atoms with Crippen LogP contribution in [0.15, 0.2) is 71.3 Å². The summed E-state index contributed by atoms with van der Waals surface area (Å²) in [5.41, 5.74) is 2.42.